The Labute approximate surface area is 123 Å². The Morgan fingerprint density at radius 1 is 1.33 bits per heavy atom. The van der Waals surface area contributed by atoms with E-state index in [4.69, 9.17) is 17.4 Å². The molecule has 120 valence electrons. The predicted molar refractivity (Wildman–Crippen MR) is 68.0 cm³/mol. The van der Waals surface area contributed by atoms with Crippen LogP contribution < -0.4 is 11.3 Å². The van der Waals surface area contributed by atoms with Crippen LogP contribution in [0.5, 0.6) is 0 Å². The van der Waals surface area contributed by atoms with Crippen molar-refractivity contribution in [1.29, 1.82) is 0 Å². The van der Waals surface area contributed by atoms with Crippen molar-refractivity contribution in [3.05, 3.63) is 34.6 Å². The van der Waals surface area contributed by atoms with Crippen molar-refractivity contribution in [3.63, 3.8) is 0 Å². The third kappa shape index (κ3) is 5.74. The lowest BCUT2D eigenvalue weighted by atomic mass is 10.1. The van der Waals surface area contributed by atoms with Crippen molar-refractivity contribution in [3.8, 4) is 0 Å². The summed E-state index contributed by atoms with van der Waals surface area (Å²) in [6.07, 6.45) is -3.72. The monoisotopic (exact) mass is 332 g/mol. The number of hydrogen-bond donors (Lipinski definition) is 2. The predicted octanol–water partition coefficient (Wildman–Crippen LogP) is 2.77. The molecule has 3 N–H and O–H groups in total. The highest BCUT2D eigenvalue weighted by Crippen LogP contribution is 2.23. The van der Waals surface area contributed by atoms with Gasteiger partial charge < -0.3 is 4.74 Å². The highest BCUT2D eigenvalue weighted by atomic mass is 35.5. The van der Waals surface area contributed by atoms with Crippen molar-refractivity contribution in [2.24, 2.45) is 5.84 Å². The average molecular weight is 333 g/mol. The first-order valence-corrected chi connectivity index (χ1v) is 6.28. The summed E-state index contributed by atoms with van der Waals surface area (Å²) in [6, 6.07) is 2.99. The van der Waals surface area contributed by atoms with Gasteiger partial charge in [-0.15, -0.1) is 0 Å². The van der Waals surface area contributed by atoms with E-state index in [1.165, 1.54) is 12.1 Å². The lowest BCUT2D eigenvalue weighted by Gasteiger charge is -2.20. The molecule has 0 saturated heterocycles. The Hall–Kier alpha value is -0.960. The van der Waals surface area contributed by atoms with Gasteiger partial charge in [0.2, 0.25) is 0 Å². The Morgan fingerprint density at radius 3 is 2.57 bits per heavy atom. The maximum atomic E-state index is 13.1. The van der Waals surface area contributed by atoms with Crippen LogP contribution in [-0.4, -0.2) is 31.6 Å². The standard InChI is InChI=1S/C12H14ClF5N2O/c13-10-2-1-8(14)3-7(10)4-9(20-19)5-21-6-12(17,18)11(15)16/h1-3,9,11,20H,4-6,19H2. The molecule has 3 nitrogen and oxygen atoms in total. The summed E-state index contributed by atoms with van der Waals surface area (Å²) in [6.45, 7) is -1.79. The number of rotatable bonds is 8. The summed E-state index contributed by atoms with van der Waals surface area (Å²) in [5, 5.41) is 0.273. The summed E-state index contributed by atoms with van der Waals surface area (Å²) in [5.41, 5.74) is 2.67. The summed E-state index contributed by atoms with van der Waals surface area (Å²) in [5.74, 6) is 0.471. The first-order chi connectivity index (χ1) is 9.76. The molecular weight excluding hydrogens is 319 g/mol. The largest absolute Gasteiger partial charge is 0.373 e. The fourth-order valence-electron chi connectivity index (χ4n) is 1.53. The maximum absolute atomic E-state index is 13.1. The van der Waals surface area contributed by atoms with E-state index < -0.39 is 30.8 Å². The second kappa shape index (κ2) is 7.88. The number of hydrogen-bond acceptors (Lipinski definition) is 3. The molecular formula is C12H14ClF5N2O. The van der Waals surface area contributed by atoms with Gasteiger partial charge in [-0.25, -0.2) is 13.2 Å². The van der Waals surface area contributed by atoms with E-state index in [0.717, 1.165) is 6.07 Å². The van der Waals surface area contributed by atoms with Crippen LogP contribution in [0, 0.1) is 5.82 Å². The SMILES string of the molecule is NNC(COCC(F)(F)C(F)F)Cc1cc(F)ccc1Cl. The smallest absolute Gasteiger partial charge is 0.330 e. The van der Waals surface area contributed by atoms with Crippen LogP contribution in [0.2, 0.25) is 5.02 Å². The van der Waals surface area contributed by atoms with Crippen molar-refractivity contribution < 1.29 is 26.7 Å². The van der Waals surface area contributed by atoms with Gasteiger partial charge in [-0.3, -0.25) is 11.3 Å². The quantitative estimate of drug-likeness (QED) is 0.437. The maximum Gasteiger partial charge on any atom is 0.330 e. The zero-order valence-corrected chi connectivity index (χ0v) is 11.5. The lowest BCUT2D eigenvalue weighted by Crippen LogP contribution is -2.42. The van der Waals surface area contributed by atoms with Gasteiger partial charge in [-0.2, -0.15) is 8.78 Å². The molecule has 0 amide bonds. The van der Waals surface area contributed by atoms with Gasteiger partial charge in [0.15, 0.2) is 0 Å². The molecule has 0 radical (unpaired) electrons. The Kier molecular flexibility index (Phi) is 6.79. The number of ether oxygens (including phenoxy) is 1. The normalized spacial score (nSPS) is 13.7. The molecule has 0 heterocycles. The zero-order chi connectivity index (χ0) is 16.0. The molecule has 0 aliphatic carbocycles. The summed E-state index contributed by atoms with van der Waals surface area (Å²) in [7, 11) is 0. The molecule has 0 aliphatic rings. The van der Waals surface area contributed by atoms with E-state index in [0.29, 0.717) is 5.56 Å². The molecule has 1 unspecified atom stereocenters. The fourth-order valence-corrected chi connectivity index (χ4v) is 1.73. The number of hydrazine groups is 1. The van der Waals surface area contributed by atoms with E-state index in [1.54, 1.807) is 0 Å². The van der Waals surface area contributed by atoms with Crippen LogP contribution in [0.15, 0.2) is 18.2 Å². The molecule has 9 heteroatoms. The first kappa shape index (κ1) is 18.1. The summed E-state index contributed by atoms with van der Waals surface area (Å²) >= 11 is 5.85. The van der Waals surface area contributed by atoms with E-state index in [9.17, 15) is 22.0 Å². The third-order valence-electron chi connectivity index (χ3n) is 2.64. The molecule has 21 heavy (non-hydrogen) atoms. The van der Waals surface area contributed by atoms with Crippen LogP contribution in [-0.2, 0) is 11.2 Å². The van der Waals surface area contributed by atoms with Crippen LogP contribution in [0.3, 0.4) is 0 Å². The molecule has 0 fully saturated rings. The van der Waals surface area contributed by atoms with Crippen molar-refractivity contribution in [2.45, 2.75) is 24.8 Å². The molecule has 1 atom stereocenters. The second-order valence-corrected chi connectivity index (χ2v) is 4.79. The van der Waals surface area contributed by atoms with Crippen LogP contribution in [0.4, 0.5) is 22.0 Å². The highest BCUT2D eigenvalue weighted by Gasteiger charge is 2.41. The van der Waals surface area contributed by atoms with Gasteiger partial charge in [-0.05, 0) is 30.2 Å². The topological polar surface area (TPSA) is 47.3 Å². The van der Waals surface area contributed by atoms with E-state index >= 15 is 0 Å². The van der Waals surface area contributed by atoms with E-state index in [-0.39, 0.29) is 18.1 Å². The number of nitrogens with two attached hydrogens (primary N) is 1. The van der Waals surface area contributed by atoms with Gasteiger partial charge in [0.05, 0.1) is 6.61 Å². The average Bonchev–Trinajstić information content (AvgIpc) is 2.41. The fraction of sp³-hybridized carbons (Fsp3) is 0.500. The molecule has 1 aromatic rings. The minimum Gasteiger partial charge on any atom is -0.373 e. The van der Waals surface area contributed by atoms with Crippen LogP contribution in [0.1, 0.15) is 5.56 Å². The Morgan fingerprint density at radius 2 is 2.00 bits per heavy atom. The number of alkyl halides is 4. The van der Waals surface area contributed by atoms with Gasteiger partial charge in [0, 0.05) is 11.1 Å². The zero-order valence-electron chi connectivity index (χ0n) is 10.8. The summed E-state index contributed by atoms with van der Waals surface area (Å²) in [4.78, 5) is 0. The van der Waals surface area contributed by atoms with E-state index in [1.807, 2.05) is 0 Å². The number of halogens is 6. The van der Waals surface area contributed by atoms with Gasteiger partial charge >= 0.3 is 12.3 Å². The van der Waals surface area contributed by atoms with Crippen LogP contribution >= 0.6 is 11.6 Å². The van der Waals surface area contributed by atoms with E-state index in [2.05, 4.69) is 10.2 Å². The number of benzene rings is 1. The minimum atomic E-state index is -4.23. The molecule has 0 spiro atoms. The van der Waals surface area contributed by atoms with Crippen molar-refractivity contribution in [2.75, 3.05) is 13.2 Å². The van der Waals surface area contributed by atoms with Gasteiger partial charge in [0.1, 0.15) is 12.4 Å². The highest BCUT2D eigenvalue weighted by molar-refractivity contribution is 6.31. The summed E-state index contributed by atoms with van der Waals surface area (Å²) < 4.78 is 66.8. The molecule has 1 rings (SSSR count). The minimum absolute atomic E-state index is 0.0906. The van der Waals surface area contributed by atoms with Crippen molar-refractivity contribution >= 4 is 11.6 Å². The van der Waals surface area contributed by atoms with Crippen molar-refractivity contribution in [1.82, 2.24) is 5.43 Å². The molecule has 0 aliphatic heterocycles. The van der Waals surface area contributed by atoms with Crippen LogP contribution in [0.25, 0.3) is 0 Å². The third-order valence-corrected chi connectivity index (χ3v) is 3.01. The molecule has 0 saturated carbocycles. The Balaban J connectivity index is 2.54. The molecule has 0 bridgehead atoms. The molecule has 0 aromatic heterocycles. The van der Waals surface area contributed by atoms with Gasteiger partial charge in [0.25, 0.3) is 0 Å². The lowest BCUT2D eigenvalue weighted by molar-refractivity contribution is -0.167. The second-order valence-electron chi connectivity index (χ2n) is 4.38. The van der Waals surface area contributed by atoms with Gasteiger partial charge in [-0.1, -0.05) is 11.6 Å². The Bertz CT molecular complexity index is 461. The first-order valence-electron chi connectivity index (χ1n) is 5.90. The molecule has 1 aromatic carbocycles. The number of nitrogens with one attached hydrogen (secondary N) is 1.